The fraction of sp³-hybridized carbons (Fsp3) is 0.412. The molecule has 1 heterocycles. The lowest BCUT2D eigenvalue weighted by atomic mass is 10.1. The molecule has 0 spiro atoms. The van der Waals surface area contributed by atoms with Crippen molar-refractivity contribution in [1.29, 1.82) is 0 Å². The van der Waals surface area contributed by atoms with Gasteiger partial charge in [-0.25, -0.2) is 4.79 Å². The molecule has 0 aliphatic carbocycles. The molecule has 1 aromatic heterocycles. The first-order valence-corrected chi connectivity index (χ1v) is 7.55. The second-order valence-electron chi connectivity index (χ2n) is 5.71. The average molecular weight is 316 g/mol. The van der Waals surface area contributed by atoms with E-state index in [1.54, 1.807) is 7.11 Å². The van der Waals surface area contributed by atoms with E-state index in [0.717, 1.165) is 34.0 Å². The quantitative estimate of drug-likeness (QED) is 0.910. The summed E-state index contributed by atoms with van der Waals surface area (Å²) in [6.07, 6.45) is 0. The van der Waals surface area contributed by atoms with E-state index < -0.39 is 0 Å². The molecule has 2 rings (SSSR count). The van der Waals surface area contributed by atoms with Crippen LogP contribution in [0.3, 0.4) is 0 Å². The number of aromatic nitrogens is 2. The molecule has 1 aromatic carbocycles. The van der Waals surface area contributed by atoms with Gasteiger partial charge in [0.1, 0.15) is 5.75 Å². The second-order valence-corrected chi connectivity index (χ2v) is 5.71. The van der Waals surface area contributed by atoms with Gasteiger partial charge in [0.05, 0.1) is 18.8 Å². The van der Waals surface area contributed by atoms with Crippen molar-refractivity contribution in [3.05, 3.63) is 40.7 Å². The van der Waals surface area contributed by atoms with E-state index in [9.17, 15) is 4.79 Å². The molecule has 0 saturated heterocycles. The Morgan fingerprint density at radius 1 is 1.30 bits per heavy atom. The maximum Gasteiger partial charge on any atom is 0.319 e. The van der Waals surface area contributed by atoms with E-state index in [1.165, 1.54) is 0 Å². The molecule has 1 atom stereocenters. The number of urea groups is 1. The number of nitrogens with zero attached hydrogens (tertiary/aromatic N) is 2. The van der Waals surface area contributed by atoms with E-state index in [4.69, 9.17) is 4.74 Å². The zero-order chi connectivity index (χ0) is 17.1. The van der Waals surface area contributed by atoms with Crippen LogP contribution in [0.25, 0.3) is 0 Å². The molecule has 2 amide bonds. The number of rotatable bonds is 4. The van der Waals surface area contributed by atoms with Gasteiger partial charge in [-0.05, 0) is 51.5 Å². The Morgan fingerprint density at radius 2 is 2.00 bits per heavy atom. The highest BCUT2D eigenvalue weighted by Crippen LogP contribution is 2.23. The lowest BCUT2D eigenvalue weighted by Crippen LogP contribution is -2.31. The topological polar surface area (TPSA) is 68.2 Å². The largest absolute Gasteiger partial charge is 0.496 e. The van der Waals surface area contributed by atoms with E-state index in [1.807, 2.05) is 57.6 Å². The minimum Gasteiger partial charge on any atom is -0.496 e. The fourth-order valence-corrected chi connectivity index (χ4v) is 2.81. The number of benzene rings is 1. The standard InChI is InChI=1S/C17H24N4O2/c1-10-9-14(7-8-15(10)23-6)19-17(22)18-11(2)16-12(3)20-21(5)13(16)4/h7-9,11H,1-6H3,(H2,18,19,22)/t11-/m0/s1. The van der Waals surface area contributed by atoms with Crippen LogP contribution in [0.1, 0.15) is 35.5 Å². The number of hydrogen-bond donors (Lipinski definition) is 2. The summed E-state index contributed by atoms with van der Waals surface area (Å²) in [6.45, 7) is 7.84. The van der Waals surface area contributed by atoms with Gasteiger partial charge in [-0.3, -0.25) is 4.68 Å². The molecule has 2 N–H and O–H groups in total. The minimum atomic E-state index is -0.246. The van der Waals surface area contributed by atoms with E-state index >= 15 is 0 Å². The SMILES string of the molecule is COc1ccc(NC(=O)N[C@@H](C)c2c(C)nn(C)c2C)cc1C. The maximum atomic E-state index is 12.2. The van der Waals surface area contributed by atoms with E-state index in [0.29, 0.717) is 0 Å². The summed E-state index contributed by atoms with van der Waals surface area (Å²) >= 11 is 0. The molecular weight excluding hydrogens is 292 g/mol. The van der Waals surface area contributed by atoms with Crippen LogP contribution in [0.2, 0.25) is 0 Å². The Bertz CT molecular complexity index is 722. The summed E-state index contributed by atoms with van der Waals surface area (Å²) < 4.78 is 7.05. The first-order valence-electron chi connectivity index (χ1n) is 7.55. The molecule has 0 unspecified atom stereocenters. The summed E-state index contributed by atoms with van der Waals surface area (Å²) in [5.74, 6) is 0.797. The molecule has 2 aromatic rings. The molecule has 6 heteroatoms. The molecular formula is C17H24N4O2. The summed E-state index contributed by atoms with van der Waals surface area (Å²) in [7, 11) is 3.53. The van der Waals surface area contributed by atoms with Crippen LogP contribution in [0.5, 0.6) is 5.75 Å². The molecule has 0 aliphatic rings. The molecule has 0 aliphatic heterocycles. The molecule has 0 bridgehead atoms. The predicted molar refractivity (Wildman–Crippen MR) is 91.0 cm³/mol. The highest BCUT2D eigenvalue weighted by Gasteiger charge is 2.18. The molecule has 0 fully saturated rings. The van der Waals surface area contributed by atoms with Gasteiger partial charge in [-0.15, -0.1) is 0 Å². The highest BCUT2D eigenvalue weighted by molar-refractivity contribution is 5.89. The van der Waals surface area contributed by atoms with Crippen LogP contribution in [-0.4, -0.2) is 22.9 Å². The lowest BCUT2D eigenvalue weighted by molar-refractivity contribution is 0.249. The number of amides is 2. The number of nitrogens with one attached hydrogen (secondary N) is 2. The van der Waals surface area contributed by atoms with E-state index in [-0.39, 0.29) is 12.1 Å². The third-order valence-corrected chi connectivity index (χ3v) is 4.00. The van der Waals surface area contributed by atoms with Crippen molar-refractivity contribution < 1.29 is 9.53 Å². The van der Waals surface area contributed by atoms with Crippen molar-refractivity contribution >= 4 is 11.7 Å². The first kappa shape index (κ1) is 16.9. The molecule has 23 heavy (non-hydrogen) atoms. The summed E-state index contributed by atoms with van der Waals surface area (Å²) in [6, 6.07) is 5.16. The molecule has 124 valence electrons. The van der Waals surface area contributed by atoms with Gasteiger partial charge in [-0.1, -0.05) is 0 Å². The van der Waals surface area contributed by atoms with Gasteiger partial charge >= 0.3 is 6.03 Å². The monoisotopic (exact) mass is 316 g/mol. The van der Waals surface area contributed by atoms with Crippen molar-refractivity contribution in [3.63, 3.8) is 0 Å². The molecule has 0 saturated carbocycles. The van der Waals surface area contributed by atoms with Gasteiger partial charge < -0.3 is 15.4 Å². The second kappa shape index (κ2) is 6.73. The number of ether oxygens (including phenoxy) is 1. The number of anilines is 1. The van der Waals surface area contributed by atoms with Crippen molar-refractivity contribution in [2.75, 3.05) is 12.4 Å². The average Bonchev–Trinajstić information content (AvgIpc) is 2.72. The van der Waals surface area contributed by atoms with Crippen LogP contribution in [0, 0.1) is 20.8 Å². The van der Waals surface area contributed by atoms with Crippen LogP contribution in [0.15, 0.2) is 18.2 Å². The van der Waals surface area contributed by atoms with Crippen molar-refractivity contribution in [3.8, 4) is 5.75 Å². The van der Waals surface area contributed by atoms with Crippen molar-refractivity contribution in [2.45, 2.75) is 33.7 Å². The van der Waals surface area contributed by atoms with Crippen molar-refractivity contribution in [2.24, 2.45) is 7.05 Å². The van der Waals surface area contributed by atoms with Gasteiger partial charge in [0, 0.05) is 24.0 Å². The lowest BCUT2D eigenvalue weighted by Gasteiger charge is -2.16. The van der Waals surface area contributed by atoms with Crippen LogP contribution < -0.4 is 15.4 Å². The minimum absolute atomic E-state index is 0.122. The molecule has 6 nitrogen and oxygen atoms in total. The Balaban J connectivity index is 2.06. The van der Waals surface area contributed by atoms with E-state index in [2.05, 4.69) is 15.7 Å². The summed E-state index contributed by atoms with van der Waals surface area (Å²) in [4.78, 5) is 12.2. The molecule has 0 radical (unpaired) electrons. The van der Waals surface area contributed by atoms with Gasteiger partial charge in [0.15, 0.2) is 0 Å². The number of methoxy groups -OCH3 is 1. The Labute approximate surface area is 136 Å². The maximum absolute atomic E-state index is 12.2. The van der Waals surface area contributed by atoms with Gasteiger partial charge in [0.25, 0.3) is 0 Å². The summed E-state index contributed by atoms with van der Waals surface area (Å²) in [5.41, 5.74) is 4.73. The highest BCUT2D eigenvalue weighted by atomic mass is 16.5. The smallest absolute Gasteiger partial charge is 0.319 e. The number of carbonyl (C=O) groups excluding carboxylic acids is 1. The Hall–Kier alpha value is -2.50. The van der Waals surface area contributed by atoms with Gasteiger partial charge in [-0.2, -0.15) is 5.10 Å². The zero-order valence-corrected chi connectivity index (χ0v) is 14.5. The third kappa shape index (κ3) is 3.64. The normalized spacial score (nSPS) is 11.9. The van der Waals surface area contributed by atoms with Crippen LogP contribution in [-0.2, 0) is 7.05 Å². The fourth-order valence-electron chi connectivity index (χ4n) is 2.81. The van der Waals surface area contributed by atoms with Crippen molar-refractivity contribution in [1.82, 2.24) is 15.1 Å². The number of hydrogen-bond acceptors (Lipinski definition) is 3. The summed E-state index contributed by atoms with van der Waals surface area (Å²) in [5, 5.41) is 10.2. The third-order valence-electron chi connectivity index (χ3n) is 4.00. The Kier molecular flexibility index (Phi) is 4.93. The van der Waals surface area contributed by atoms with Crippen LogP contribution >= 0.6 is 0 Å². The number of aryl methyl sites for hydroxylation is 3. The van der Waals surface area contributed by atoms with Crippen LogP contribution in [0.4, 0.5) is 10.5 Å². The van der Waals surface area contributed by atoms with Gasteiger partial charge in [0.2, 0.25) is 0 Å². The zero-order valence-electron chi connectivity index (χ0n) is 14.5. The first-order chi connectivity index (χ1) is 10.8. The Morgan fingerprint density at radius 3 is 2.52 bits per heavy atom. The predicted octanol–water partition coefficient (Wildman–Crippen LogP) is 3.24. The number of carbonyl (C=O) groups is 1.